The van der Waals surface area contributed by atoms with E-state index < -0.39 is 0 Å². The van der Waals surface area contributed by atoms with E-state index >= 15 is 0 Å². The highest BCUT2D eigenvalue weighted by Crippen LogP contribution is 2.23. The van der Waals surface area contributed by atoms with E-state index in [9.17, 15) is 4.79 Å². The average molecular weight is 325 g/mol. The van der Waals surface area contributed by atoms with Crippen LogP contribution in [0.25, 0.3) is 0 Å². The summed E-state index contributed by atoms with van der Waals surface area (Å²) in [5.74, 6) is -0.107. The van der Waals surface area contributed by atoms with Gasteiger partial charge in [0.15, 0.2) is 0 Å². The number of benzene rings is 1. The van der Waals surface area contributed by atoms with Crippen LogP contribution >= 0.6 is 27.3 Å². The molecule has 3 nitrogen and oxygen atoms in total. The molecule has 1 aromatic heterocycles. The van der Waals surface area contributed by atoms with Crippen LogP contribution in [0.5, 0.6) is 0 Å². The molecule has 0 saturated heterocycles. The number of amides is 1. The number of hydrogen-bond acceptors (Lipinski definition) is 3. The second-order valence-electron chi connectivity index (χ2n) is 3.85. The summed E-state index contributed by atoms with van der Waals surface area (Å²) in [6.07, 6.45) is 0.842. The Morgan fingerprint density at radius 3 is 2.94 bits per heavy atom. The van der Waals surface area contributed by atoms with E-state index in [1.165, 1.54) is 5.56 Å². The number of thiophene rings is 1. The Bertz CT molecular complexity index is 540. The van der Waals surface area contributed by atoms with Crippen molar-refractivity contribution in [3.63, 3.8) is 0 Å². The summed E-state index contributed by atoms with van der Waals surface area (Å²) in [6, 6.07) is 7.34. The van der Waals surface area contributed by atoms with Crippen LogP contribution in [0.2, 0.25) is 0 Å². The van der Waals surface area contributed by atoms with Crippen LogP contribution < -0.4 is 11.1 Å². The van der Waals surface area contributed by atoms with Gasteiger partial charge in [-0.05, 0) is 56.9 Å². The molecule has 18 heavy (non-hydrogen) atoms. The number of halogens is 1. The van der Waals surface area contributed by atoms with Gasteiger partial charge in [0.05, 0.1) is 10.0 Å². The molecule has 0 atom stereocenters. The first kappa shape index (κ1) is 13.1. The molecule has 1 heterocycles. The molecule has 0 radical (unpaired) electrons. The first-order valence-electron chi connectivity index (χ1n) is 5.51. The number of nitrogens with two attached hydrogens (primary N) is 1. The van der Waals surface area contributed by atoms with Gasteiger partial charge in [0.2, 0.25) is 0 Å². The fourth-order valence-electron chi connectivity index (χ4n) is 1.58. The lowest BCUT2D eigenvalue weighted by molar-refractivity contribution is 0.0953. The molecule has 2 rings (SSSR count). The summed E-state index contributed by atoms with van der Waals surface area (Å²) in [5.41, 5.74) is 8.12. The maximum Gasteiger partial charge on any atom is 0.252 e. The van der Waals surface area contributed by atoms with Crippen molar-refractivity contribution in [3.05, 3.63) is 50.6 Å². The molecule has 0 aliphatic heterocycles. The Balaban J connectivity index is 1.93. The SMILES string of the molecule is Nc1cccc(C(=O)NCCc2ccsc2)c1Br. The number of carbonyl (C=O) groups is 1. The van der Waals surface area contributed by atoms with Crippen molar-refractivity contribution in [2.45, 2.75) is 6.42 Å². The van der Waals surface area contributed by atoms with Gasteiger partial charge in [-0.15, -0.1) is 0 Å². The molecule has 0 aliphatic rings. The molecule has 94 valence electrons. The third kappa shape index (κ3) is 3.11. The molecule has 0 spiro atoms. The van der Waals surface area contributed by atoms with Crippen LogP contribution in [-0.4, -0.2) is 12.5 Å². The summed E-state index contributed by atoms with van der Waals surface area (Å²) < 4.78 is 0.651. The van der Waals surface area contributed by atoms with Crippen LogP contribution in [0.1, 0.15) is 15.9 Å². The molecule has 0 bridgehead atoms. The van der Waals surface area contributed by atoms with Gasteiger partial charge >= 0.3 is 0 Å². The summed E-state index contributed by atoms with van der Waals surface area (Å²) >= 11 is 4.99. The van der Waals surface area contributed by atoms with E-state index in [-0.39, 0.29) is 5.91 Å². The summed E-state index contributed by atoms with van der Waals surface area (Å²) in [6.45, 7) is 0.622. The minimum absolute atomic E-state index is 0.107. The zero-order valence-electron chi connectivity index (χ0n) is 9.65. The lowest BCUT2D eigenvalue weighted by Gasteiger charge is -2.07. The molecule has 1 aromatic carbocycles. The summed E-state index contributed by atoms with van der Waals surface area (Å²) in [5, 5.41) is 7.00. The molecule has 0 unspecified atom stereocenters. The van der Waals surface area contributed by atoms with Crippen LogP contribution in [0.15, 0.2) is 39.5 Å². The van der Waals surface area contributed by atoms with Gasteiger partial charge in [-0.1, -0.05) is 6.07 Å². The van der Waals surface area contributed by atoms with Gasteiger partial charge in [-0.2, -0.15) is 11.3 Å². The largest absolute Gasteiger partial charge is 0.398 e. The molecule has 2 aromatic rings. The van der Waals surface area contributed by atoms with Crippen LogP contribution in [-0.2, 0) is 6.42 Å². The maximum atomic E-state index is 12.0. The van der Waals surface area contributed by atoms with Crippen molar-refractivity contribution >= 4 is 38.9 Å². The highest BCUT2D eigenvalue weighted by molar-refractivity contribution is 9.10. The predicted octanol–water partition coefficient (Wildman–Crippen LogP) is 3.07. The van der Waals surface area contributed by atoms with E-state index in [2.05, 4.69) is 32.7 Å². The number of nitrogen functional groups attached to an aromatic ring is 1. The highest BCUT2D eigenvalue weighted by atomic mass is 79.9. The van der Waals surface area contributed by atoms with E-state index in [4.69, 9.17) is 5.73 Å². The molecule has 0 aliphatic carbocycles. The van der Waals surface area contributed by atoms with E-state index in [0.29, 0.717) is 22.3 Å². The monoisotopic (exact) mass is 324 g/mol. The number of rotatable bonds is 4. The molecule has 3 N–H and O–H groups in total. The zero-order valence-corrected chi connectivity index (χ0v) is 12.1. The van der Waals surface area contributed by atoms with E-state index in [1.54, 1.807) is 29.5 Å². The molecule has 5 heteroatoms. The quantitative estimate of drug-likeness (QED) is 0.849. The molecule has 0 fully saturated rings. The van der Waals surface area contributed by atoms with Gasteiger partial charge in [0.1, 0.15) is 0 Å². The van der Waals surface area contributed by atoms with Crippen molar-refractivity contribution in [1.82, 2.24) is 5.32 Å². The van der Waals surface area contributed by atoms with Crippen molar-refractivity contribution in [3.8, 4) is 0 Å². The Labute approximate surface area is 118 Å². The number of anilines is 1. The molecular formula is C13H13BrN2OS. The van der Waals surface area contributed by atoms with Gasteiger partial charge in [0, 0.05) is 12.2 Å². The molecular weight excluding hydrogens is 312 g/mol. The fraction of sp³-hybridized carbons (Fsp3) is 0.154. The van der Waals surface area contributed by atoms with Crippen LogP contribution in [0.4, 0.5) is 5.69 Å². The normalized spacial score (nSPS) is 10.3. The maximum absolute atomic E-state index is 12.0. The second kappa shape index (κ2) is 6.02. The van der Waals surface area contributed by atoms with Gasteiger partial charge < -0.3 is 11.1 Å². The molecule has 1 amide bonds. The highest BCUT2D eigenvalue weighted by Gasteiger charge is 2.10. The van der Waals surface area contributed by atoms with Crippen LogP contribution in [0, 0.1) is 0 Å². The number of hydrogen-bond donors (Lipinski definition) is 2. The van der Waals surface area contributed by atoms with Gasteiger partial charge in [-0.25, -0.2) is 0 Å². The van der Waals surface area contributed by atoms with Gasteiger partial charge in [0.25, 0.3) is 5.91 Å². The first-order chi connectivity index (χ1) is 8.68. The lowest BCUT2D eigenvalue weighted by atomic mass is 10.2. The van der Waals surface area contributed by atoms with Crippen molar-refractivity contribution in [1.29, 1.82) is 0 Å². The first-order valence-corrected chi connectivity index (χ1v) is 7.25. The number of nitrogens with one attached hydrogen (secondary N) is 1. The topological polar surface area (TPSA) is 55.1 Å². The summed E-state index contributed by atoms with van der Waals surface area (Å²) in [7, 11) is 0. The van der Waals surface area contributed by atoms with E-state index in [0.717, 1.165) is 6.42 Å². The predicted molar refractivity (Wildman–Crippen MR) is 78.9 cm³/mol. The smallest absolute Gasteiger partial charge is 0.252 e. The Morgan fingerprint density at radius 2 is 2.22 bits per heavy atom. The van der Waals surface area contributed by atoms with Crippen molar-refractivity contribution < 1.29 is 4.79 Å². The Morgan fingerprint density at radius 1 is 1.39 bits per heavy atom. The minimum Gasteiger partial charge on any atom is -0.398 e. The average Bonchev–Trinajstić information content (AvgIpc) is 2.85. The fourth-order valence-corrected chi connectivity index (χ4v) is 2.72. The Kier molecular flexibility index (Phi) is 4.38. The van der Waals surface area contributed by atoms with Crippen molar-refractivity contribution in [2.24, 2.45) is 0 Å². The third-order valence-electron chi connectivity index (χ3n) is 2.55. The van der Waals surface area contributed by atoms with Crippen molar-refractivity contribution in [2.75, 3.05) is 12.3 Å². The third-order valence-corrected chi connectivity index (χ3v) is 4.17. The Hall–Kier alpha value is -1.33. The minimum atomic E-state index is -0.107. The zero-order chi connectivity index (χ0) is 13.0. The molecule has 0 saturated carbocycles. The van der Waals surface area contributed by atoms with Crippen LogP contribution in [0.3, 0.4) is 0 Å². The van der Waals surface area contributed by atoms with E-state index in [1.807, 2.05) is 5.38 Å². The summed E-state index contributed by atoms with van der Waals surface area (Å²) in [4.78, 5) is 12.0. The lowest BCUT2D eigenvalue weighted by Crippen LogP contribution is -2.26. The number of carbonyl (C=O) groups excluding carboxylic acids is 1. The standard InChI is InChI=1S/C13H13BrN2OS/c14-12-10(2-1-3-11(12)15)13(17)16-6-4-9-5-7-18-8-9/h1-3,5,7-8H,4,6,15H2,(H,16,17). The van der Waals surface area contributed by atoms with Gasteiger partial charge in [-0.3, -0.25) is 4.79 Å². The second-order valence-corrected chi connectivity index (χ2v) is 5.42.